The van der Waals surface area contributed by atoms with Crippen molar-refractivity contribution in [3.63, 3.8) is 0 Å². The van der Waals surface area contributed by atoms with Crippen LogP contribution in [0.25, 0.3) is 0 Å². The van der Waals surface area contributed by atoms with Gasteiger partial charge in [0.05, 0.1) is 0 Å². The van der Waals surface area contributed by atoms with Crippen molar-refractivity contribution in [1.82, 2.24) is 0 Å². The second-order valence-electron chi connectivity index (χ2n) is 4.47. The summed E-state index contributed by atoms with van der Waals surface area (Å²) in [7, 11) is 0. The maximum absolute atomic E-state index is 5.68. The van der Waals surface area contributed by atoms with Gasteiger partial charge in [0, 0.05) is 0 Å². The summed E-state index contributed by atoms with van der Waals surface area (Å²) < 4.78 is 22.5. The molecular formula is C16H20O4. The molecule has 1 aliphatic rings. The number of ether oxygens (including phenoxy) is 4. The SMILES string of the molecule is C=CC#CCOC1(C)COC(C)(OCC#CC=C)CO1. The van der Waals surface area contributed by atoms with Gasteiger partial charge in [-0.1, -0.05) is 36.8 Å². The van der Waals surface area contributed by atoms with Crippen LogP contribution in [0.3, 0.4) is 0 Å². The summed E-state index contributed by atoms with van der Waals surface area (Å²) in [5, 5.41) is 0. The molecule has 1 aliphatic heterocycles. The van der Waals surface area contributed by atoms with Crippen LogP contribution >= 0.6 is 0 Å². The van der Waals surface area contributed by atoms with Crippen molar-refractivity contribution in [1.29, 1.82) is 0 Å². The Morgan fingerprint density at radius 1 is 0.950 bits per heavy atom. The topological polar surface area (TPSA) is 36.9 Å². The van der Waals surface area contributed by atoms with Crippen molar-refractivity contribution in [2.45, 2.75) is 25.4 Å². The maximum atomic E-state index is 5.68. The van der Waals surface area contributed by atoms with E-state index in [0.29, 0.717) is 0 Å². The van der Waals surface area contributed by atoms with Crippen LogP contribution in [0, 0.1) is 23.7 Å². The summed E-state index contributed by atoms with van der Waals surface area (Å²) in [5.74, 6) is 9.37. The fourth-order valence-corrected chi connectivity index (χ4v) is 1.42. The summed E-state index contributed by atoms with van der Waals surface area (Å²) in [6.07, 6.45) is 3.03. The van der Waals surface area contributed by atoms with Crippen molar-refractivity contribution >= 4 is 0 Å². The molecular weight excluding hydrogens is 256 g/mol. The standard InChI is InChI=1S/C16H20O4/c1-5-7-9-11-17-15(3)13-20-16(4,14-19-15)18-12-10-8-6-2/h5-6H,1-2,11-14H2,3-4H3. The Labute approximate surface area is 120 Å². The van der Waals surface area contributed by atoms with Crippen LogP contribution in [0.4, 0.5) is 0 Å². The smallest absolute Gasteiger partial charge is 0.190 e. The Morgan fingerprint density at radius 2 is 1.35 bits per heavy atom. The van der Waals surface area contributed by atoms with Gasteiger partial charge >= 0.3 is 0 Å². The van der Waals surface area contributed by atoms with Gasteiger partial charge < -0.3 is 18.9 Å². The van der Waals surface area contributed by atoms with Crippen LogP contribution in [0.15, 0.2) is 25.3 Å². The zero-order valence-corrected chi connectivity index (χ0v) is 12.0. The van der Waals surface area contributed by atoms with E-state index in [1.54, 1.807) is 13.8 Å². The molecule has 0 bridgehead atoms. The van der Waals surface area contributed by atoms with Crippen LogP contribution in [0.1, 0.15) is 13.8 Å². The molecule has 0 aromatic rings. The number of rotatable bonds is 4. The summed E-state index contributed by atoms with van der Waals surface area (Å²) in [6, 6.07) is 0. The van der Waals surface area contributed by atoms with Gasteiger partial charge in [-0.3, -0.25) is 0 Å². The summed E-state index contributed by atoms with van der Waals surface area (Å²) in [6.45, 7) is 11.7. The Morgan fingerprint density at radius 3 is 1.65 bits per heavy atom. The lowest BCUT2D eigenvalue weighted by Crippen LogP contribution is -2.53. The molecule has 4 nitrogen and oxygen atoms in total. The minimum atomic E-state index is -0.814. The highest BCUT2D eigenvalue weighted by Gasteiger charge is 2.40. The molecule has 0 aromatic heterocycles. The Balaban J connectivity index is 2.40. The molecule has 1 rings (SSSR count). The Kier molecular flexibility index (Phi) is 6.51. The minimum Gasteiger partial charge on any atom is -0.342 e. The third kappa shape index (κ3) is 5.61. The fourth-order valence-electron chi connectivity index (χ4n) is 1.42. The molecule has 0 aromatic carbocycles. The third-order valence-corrected chi connectivity index (χ3v) is 2.59. The maximum Gasteiger partial charge on any atom is 0.190 e. The molecule has 0 N–H and O–H groups in total. The highest BCUT2D eigenvalue weighted by Crippen LogP contribution is 2.26. The molecule has 4 heteroatoms. The molecule has 0 radical (unpaired) electrons. The lowest BCUT2D eigenvalue weighted by Gasteiger charge is -2.41. The van der Waals surface area contributed by atoms with E-state index in [4.69, 9.17) is 18.9 Å². The van der Waals surface area contributed by atoms with Crippen molar-refractivity contribution in [2.75, 3.05) is 26.4 Å². The van der Waals surface area contributed by atoms with Gasteiger partial charge in [0.25, 0.3) is 0 Å². The van der Waals surface area contributed by atoms with Crippen molar-refractivity contribution < 1.29 is 18.9 Å². The third-order valence-electron chi connectivity index (χ3n) is 2.59. The van der Waals surface area contributed by atoms with Gasteiger partial charge in [0.15, 0.2) is 11.6 Å². The molecule has 0 aliphatic carbocycles. The predicted octanol–water partition coefficient (Wildman–Crippen LogP) is 1.88. The summed E-state index contributed by atoms with van der Waals surface area (Å²) >= 11 is 0. The quantitative estimate of drug-likeness (QED) is 0.735. The highest BCUT2D eigenvalue weighted by atomic mass is 16.8. The normalized spacial score (nSPS) is 28.5. The van der Waals surface area contributed by atoms with E-state index in [-0.39, 0.29) is 26.4 Å². The number of hydrogen-bond donors (Lipinski definition) is 0. The van der Waals surface area contributed by atoms with Gasteiger partial charge in [-0.2, -0.15) is 0 Å². The Hall–Kier alpha value is -1.56. The molecule has 0 spiro atoms. The molecule has 1 fully saturated rings. The Bertz CT molecular complexity index is 406. The molecule has 20 heavy (non-hydrogen) atoms. The van der Waals surface area contributed by atoms with Crippen LogP contribution in [0.2, 0.25) is 0 Å². The monoisotopic (exact) mass is 276 g/mol. The molecule has 2 unspecified atom stereocenters. The van der Waals surface area contributed by atoms with E-state index < -0.39 is 11.6 Å². The average Bonchev–Trinajstić information content (AvgIpc) is 2.44. The summed E-state index contributed by atoms with van der Waals surface area (Å²) in [5.41, 5.74) is 0. The fraction of sp³-hybridized carbons (Fsp3) is 0.500. The van der Waals surface area contributed by atoms with Crippen molar-refractivity contribution in [3.05, 3.63) is 25.3 Å². The summed E-state index contributed by atoms with van der Waals surface area (Å²) in [4.78, 5) is 0. The van der Waals surface area contributed by atoms with E-state index >= 15 is 0 Å². The lowest BCUT2D eigenvalue weighted by molar-refractivity contribution is -0.370. The largest absolute Gasteiger partial charge is 0.342 e. The van der Waals surface area contributed by atoms with E-state index in [1.807, 2.05) is 0 Å². The van der Waals surface area contributed by atoms with Crippen LogP contribution in [0.5, 0.6) is 0 Å². The molecule has 0 amide bonds. The minimum absolute atomic E-state index is 0.258. The van der Waals surface area contributed by atoms with E-state index in [2.05, 4.69) is 36.8 Å². The first kappa shape index (κ1) is 16.5. The predicted molar refractivity (Wildman–Crippen MR) is 76.6 cm³/mol. The second-order valence-corrected chi connectivity index (χ2v) is 4.47. The van der Waals surface area contributed by atoms with Gasteiger partial charge in [0.1, 0.15) is 26.4 Å². The number of allylic oxidation sites excluding steroid dienone is 2. The van der Waals surface area contributed by atoms with E-state index in [9.17, 15) is 0 Å². The molecule has 1 saturated heterocycles. The van der Waals surface area contributed by atoms with Crippen molar-refractivity contribution in [2.24, 2.45) is 0 Å². The highest BCUT2D eigenvalue weighted by molar-refractivity contribution is 5.12. The first-order chi connectivity index (χ1) is 9.54. The average molecular weight is 276 g/mol. The van der Waals surface area contributed by atoms with Gasteiger partial charge in [0.2, 0.25) is 0 Å². The first-order valence-corrected chi connectivity index (χ1v) is 6.28. The van der Waals surface area contributed by atoms with Crippen molar-refractivity contribution in [3.8, 4) is 23.7 Å². The molecule has 108 valence electrons. The number of hydrogen-bond acceptors (Lipinski definition) is 4. The van der Waals surface area contributed by atoms with Gasteiger partial charge in [-0.25, -0.2) is 0 Å². The van der Waals surface area contributed by atoms with E-state index in [0.717, 1.165) is 0 Å². The van der Waals surface area contributed by atoms with Gasteiger partial charge in [-0.15, -0.1) is 0 Å². The van der Waals surface area contributed by atoms with E-state index in [1.165, 1.54) is 12.2 Å². The molecule has 0 saturated carbocycles. The zero-order chi connectivity index (χ0) is 14.9. The zero-order valence-electron chi connectivity index (χ0n) is 12.0. The second kappa shape index (κ2) is 7.89. The van der Waals surface area contributed by atoms with Gasteiger partial charge in [-0.05, 0) is 26.0 Å². The molecule has 1 heterocycles. The van der Waals surface area contributed by atoms with Crippen LogP contribution in [-0.4, -0.2) is 38.0 Å². The first-order valence-electron chi connectivity index (χ1n) is 6.28. The van der Waals surface area contributed by atoms with Crippen LogP contribution in [-0.2, 0) is 18.9 Å². The van der Waals surface area contributed by atoms with Crippen LogP contribution < -0.4 is 0 Å². The lowest BCUT2D eigenvalue weighted by atomic mass is 10.2. The molecule has 2 atom stereocenters.